The molecule has 160 valence electrons. The zero-order valence-corrected chi connectivity index (χ0v) is 18.2. The fourth-order valence-electron chi connectivity index (χ4n) is 4.28. The van der Waals surface area contributed by atoms with Crippen LogP contribution in [0.1, 0.15) is 43.7 Å². The summed E-state index contributed by atoms with van der Waals surface area (Å²) in [6.07, 6.45) is 4.74. The summed E-state index contributed by atoms with van der Waals surface area (Å²) in [5.74, 6) is 0.298. The summed E-state index contributed by atoms with van der Waals surface area (Å²) in [4.78, 5) is 31.8. The highest BCUT2D eigenvalue weighted by atomic mass is 16.2. The van der Waals surface area contributed by atoms with Crippen LogP contribution in [0.2, 0.25) is 0 Å². The van der Waals surface area contributed by atoms with Crippen LogP contribution >= 0.6 is 0 Å². The van der Waals surface area contributed by atoms with E-state index in [0.717, 1.165) is 63.4 Å². The average Bonchev–Trinajstić information content (AvgIpc) is 3.00. The van der Waals surface area contributed by atoms with E-state index >= 15 is 0 Å². The van der Waals surface area contributed by atoms with E-state index in [1.807, 2.05) is 30.9 Å². The average molecular weight is 401 g/mol. The molecule has 1 N–H and O–H groups in total. The second kappa shape index (κ2) is 10.2. The molecule has 0 saturated carbocycles. The molecule has 2 aliphatic rings. The van der Waals surface area contributed by atoms with E-state index < -0.39 is 0 Å². The fraction of sp³-hybridized carbons (Fsp3) is 0.652. The molecule has 1 aromatic rings. The number of nitrogens with one attached hydrogen (secondary N) is 1. The molecule has 2 heterocycles. The third kappa shape index (κ3) is 6.03. The highest BCUT2D eigenvalue weighted by molar-refractivity contribution is 5.95. The lowest BCUT2D eigenvalue weighted by Gasteiger charge is -2.37. The zero-order chi connectivity index (χ0) is 20.8. The lowest BCUT2D eigenvalue weighted by atomic mass is 10.1. The number of aryl methyl sites for hydroxylation is 2. The van der Waals surface area contributed by atoms with Gasteiger partial charge in [0.05, 0.1) is 12.6 Å². The Morgan fingerprint density at radius 3 is 2.24 bits per heavy atom. The van der Waals surface area contributed by atoms with Crippen molar-refractivity contribution in [3.8, 4) is 0 Å². The van der Waals surface area contributed by atoms with Crippen molar-refractivity contribution >= 4 is 17.5 Å². The molecule has 29 heavy (non-hydrogen) atoms. The molecule has 6 heteroatoms. The summed E-state index contributed by atoms with van der Waals surface area (Å²) in [6, 6.07) is 5.90. The molecule has 0 radical (unpaired) electrons. The second-order valence-electron chi connectivity index (χ2n) is 8.59. The minimum Gasteiger partial charge on any atom is -0.342 e. The Morgan fingerprint density at radius 1 is 0.966 bits per heavy atom. The summed E-state index contributed by atoms with van der Waals surface area (Å²) in [7, 11) is 0. The number of rotatable bonds is 5. The molecule has 0 unspecified atom stereocenters. The van der Waals surface area contributed by atoms with Crippen LogP contribution < -0.4 is 5.32 Å². The third-order valence-electron chi connectivity index (χ3n) is 6.29. The van der Waals surface area contributed by atoms with Crippen molar-refractivity contribution in [2.75, 3.05) is 51.1 Å². The topological polar surface area (TPSA) is 55.9 Å². The zero-order valence-electron chi connectivity index (χ0n) is 18.2. The van der Waals surface area contributed by atoms with Gasteiger partial charge >= 0.3 is 0 Å². The SMILES string of the molecule is Cc1ccc(NC(=O)[C@H](C)N2CCN(CC(=O)N3CCCCCC3)CC2)c(C)c1. The second-order valence-corrected chi connectivity index (χ2v) is 8.59. The first-order chi connectivity index (χ1) is 13.9. The molecule has 0 aromatic heterocycles. The van der Waals surface area contributed by atoms with Crippen LogP contribution in [0.15, 0.2) is 18.2 Å². The fourth-order valence-corrected chi connectivity index (χ4v) is 4.28. The number of nitrogens with zero attached hydrogens (tertiary/aromatic N) is 3. The van der Waals surface area contributed by atoms with Gasteiger partial charge in [-0.25, -0.2) is 0 Å². The van der Waals surface area contributed by atoms with E-state index in [4.69, 9.17) is 0 Å². The van der Waals surface area contributed by atoms with Gasteiger partial charge in [-0.3, -0.25) is 19.4 Å². The van der Waals surface area contributed by atoms with Crippen molar-refractivity contribution in [3.63, 3.8) is 0 Å². The smallest absolute Gasteiger partial charge is 0.241 e. The van der Waals surface area contributed by atoms with Crippen LogP contribution in [-0.4, -0.2) is 78.4 Å². The summed E-state index contributed by atoms with van der Waals surface area (Å²) in [6.45, 7) is 11.7. The number of likely N-dealkylation sites (tertiary alicyclic amines) is 1. The number of anilines is 1. The van der Waals surface area contributed by atoms with Crippen molar-refractivity contribution in [1.29, 1.82) is 0 Å². The predicted molar refractivity (Wildman–Crippen MR) is 117 cm³/mol. The van der Waals surface area contributed by atoms with E-state index in [1.54, 1.807) is 0 Å². The van der Waals surface area contributed by atoms with Gasteiger partial charge in [0.2, 0.25) is 11.8 Å². The molecular formula is C23H36N4O2. The number of amides is 2. The van der Waals surface area contributed by atoms with Gasteiger partial charge in [-0.2, -0.15) is 0 Å². The number of carbonyl (C=O) groups is 2. The highest BCUT2D eigenvalue weighted by Gasteiger charge is 2.27. The van der Waals surface area contributed by atoms with Crippen molar-refractivity contribution in [2.24, 2.45) is 0 Å². The molecule has 6 nitrogen and oxygen atoms in total. The normalized spacial score (nSPS) is 20.2. The Kier molecular flexibility index (Phi) is 7.67. The summed E-state index contributed by atoms with van der Waals surface area (Å²) >= 11 is 0. The van der Waals surface area contributed by atoms with Gasteiger partial charge < -0.3 is 10.2 Å². The Labute approximate surface area is 175 Å². The van der Waals surface area contributed by atoms with Crippen LogP contribution in [0.3, 0.4) is 0 Å². The summed E-state index contributed by atoms with van der Waals surface area (Å²) in [5.41, 5.74) is 3.16. The number of carbonyl (C=O) groups excluding carboxylic acids is 2. The van der Waals surface area contributed by atoms with Crippen molar-refractivity contribution in [3.05, 3.63) is 29.3 Å². The molecule has 0 spiro atoms. The molecule has 2 amide bonds. The monoisotopic (exact) mass is 400 g/mol. The minimum atomic E-state index is -0.181. The molecule has 0 aliphatic carbocycles. The lowest BCUT2D eigenvalue weighted by molar-refractivity contribution is -0.133. The van der Waals surface area contributed by atoms with E-state index in [-0.39, 0.29) is 17.9 Å². The quantitative estimate of drug-likeness (QED) is 0.826. The molecule has 1 aromatic carbocycles. The lowest BCUT2D eigenvalue weighted by Crippen LogP contribution is -2.54. The van der Waals surface area contributed by atoms with Gasteiger partial charge in [-0.1, -0.05) is 30.5 Å². The number of hydrogen-bond donors (Lipinski definition) is 1. The maximum Gasteiger partial charge on any atom is 0.241 e. The third-order valence-corrected chi connectivity index (χ3v) is 6.29. The number of piperazine rings is 1. The first-order valence-electron chi connectivity index (χ1n) is 11.1. The largest absolute Gasteiger partial charge is 0.342 e. The van der Waals surface area contributed by atoms with Gasteiger partial charge in [-0.15, -0.1) is 0 Å². The Bertz CT molecular complexity index is 705. The van der Waals surface area contributed by atoms with E-state index in [0.29, 0.717) is 6.54 Å². The maximum atomic E-state index is 12.7. The Hall–Kier alpha value is -1.92. The van der Waals surface area contributed by atoms with E-state index in [9.17, 15) is 9.59 Å². The van der Waals surface area contributed by atoms with Crippen LogP contribution in [0.25, 0.3) is 0 Å². The van der Waals surface area contributed by atoms with Gasteiger partial charge in [0.25, 0.3) is 0 Å². The molecule has 3 rings (SSSR count). The molecule has 1 atom stereocenters. The number of benzene rings is 1. The molecule has 0 bridgehead atoms. The van der Waals surface area contributed by atoms with Crippen LogP contribution in [-0.2, 0) is 9.59 Å². The first-order valence-corrected chi connectivity index (χ1v) is 11.1. The molecular weight excluding hydrogens is 364 g/mol. The van der Waals surface area contributed by atoms with Crippen molar-refractivity contribution < 1.29 is 9.59 Å². The van der Waals surface area contributed by atoms with Crippen LogP contribution in [0, 0.1) is 13.8 Å². The maximum absolute atomic E-state index is 12.7. The van der Waals surface area contributed by atoms with Crippen molar-refractivity contribution in [1.82, 2.24) is 14.7 Å². The van der Waals surface area contributed by atoms with E-state index in [2.05, 4.69) is 28.1 Å². The number of hydrogen-bond acceptors (Lipinski definition) is 4. The Balaban J connectivity index is 1.45. The van der Waals surface area contributed by atoms with Gasteiger partial charge in [-0.05, 0) is 45.2 Å². The van der Waals surface area contributed by atoms with Gasteiger partial charge in [0, 0.05) is 45.0 Å². The standard InChI is InChI=1S/C23H36N4O2/c1-18-8-9-21(19(2)16-18)24-23(29)20(3)26-14-12-25(13-15-26)17-22(28)27-10-6-4-5-7-11-27/h8-9,16,20H,4-7,10-15,17H2,1-3H3,(H,24,29)/t20-/m0/s1. The van der Waals surface area contributed by atoms with Crippen LogP contribution in [0.5, 0.6) is 0 Å². The predicted octanol–water partition coefficient (Wildman–Crippen LogP) is 2.65. The summed E-state index contributed by atoms with van der Waals surface area (Å²) in [5, 5.41) is 3.07. The first kappa shape index (κ1) is 21.8. The Morgan fingerprint density at radius 2 is 1.62 bits per heavy atom. The van der Waals surface area contributed by atoms with Crippen LogP contribution in [0.4, 0.5) is 5.69 Å². The molecule has 2 aliphatic heterocycles. The van der Waals surface area contributed by atoms with E-state index in [1.165, 1.54) is 18.4 Å². The molecule has 2 fully saturated rings. The highest BCUT2D eigenvalue weighted by Crippen LogP contribution is 2.17. The molecule has 2 saturated heterocycles. The minimum absolute atomic E-state index is 0.0334. The van der Waals surface area contributed by atoms with Gasteiger partial charge in [0.15, 0.2) is 0 Å². The summed E-state index contributed by atoms with van der Waals surface area (Å²) < 4.78 is 0. The van der Waals surface area contributed by atoms with Gasteiger partial charge in [0.1, 0.15) is 0 Å². The van der Waals surface area contributed by atoms with Crippen molar-refractivity contribution in [2.45, 2.75) is 52.5 Å².